The van der Waals surface area contributed by atoms with E-state index in [2.05, 4.69) is 10.1 Å². The van der Waals surface area contributed by atoms with Crippen LogP contribution in [0.1, 0.15) is 6.92 Å². The lowest BCUT2D eigenvalue weighted by Crippen LogP contribution is -1.98. The Labute approximate surface area is 97.2 Å². The number of nitrogens with zero attached hydrogens (tertiary/aromatic N) is 4. The van der Waals surface area contributed by atoms with Gasteiger partial charge in [-0.1, -0.05) is 11.6 Å². The summed E-state index contributed by atoms with van der Waals surface area (Å²) in [5.41, 5.74) is 0.755. The molecular weight excluding hydrogens is 228 g/mol. The van der Waals surface area contributed by atoms with Crippen molar-refractivity contribution in [2.45, 2.75) is 13.5 Å². The van der Waals surface area contributed by atoms with E-state index in [1.54, 1.807) is 16.9 Å². The molecule has 0 aliphatic heterocycles. The molecule has 0 atom stereocenters. The number of hydrogen-bond donors (Lipinski definition) is 0. The molecule has 16 heavy (non-hydrogen) atoms. The molecule has 2 aromatic heterocycles. The summed E-state index contributed by atoms with van der Waals surface area (Å²) in [4.78, 5) is 4.07. The van der Waals surface area contributed by atoms with Crippen LogP contribution in [0.3, 0.4) is 0 Å². The largest absolute Gasteiger partial charge is 0.477 e. The van der Waals surface area contributed by atoms with E-state index in [1.165, 1.54) is 0 Å². The van der Waals surface area contributed by atoms with E-state index in [0.29, 0.717) is 17.6 Å². The maximum Gasteiger partial charge on any atom is 0.226 e. The van der Waals surface area contributed by atoms with Crippen molar-refractivity contribution in [3.8, 4) is 11.9 Å². The zero-order valence-corrected chi connectivity index (χ0v) is 9.40. The highest BCUT2D eigenvalue weighted by molar-refractivity contribution is 6.30. The Hall–Kier alpha value is -1.80. The van der Waals surface area contributed by atoms with Crippen molar-refractivity contribution in [1.82, 2.24) is 14.8 Å². The van der Waals surface area contributed by atoms with Crippen molar-refractivity contribution in [3.05, 3.63) is 17.4 Å². The highest BCUT2D eigenvalue weighted by atomic mass is 35.5. The Bertz CT molecular complexity index is 558. The summed E-state index contributed by atoms with van der Waals surface area (Å²) in [6.45, 7) is 2.55. The van der Waals surface area contributed by atoms with E-state index in [4.69, 9.17) is 21.6 Å². The molecule has 0 unspecified atom stereocenters. The van der Waals surface area contributed by atoms with Crippen LogP contribution in [0.2, 0.25) is 5.15 Å². The van der Waals surface area contributed by atoms with Crippen LogP contribution < -0.4 is 4.74 Å². The van der Waals surface area contributed by atoms with E-state index in [-0.39, 0.29) is 6.54 Å². The topological polar surface area (TPSA) is 63.7 Å². The Morgan fingerprint density at radius 2 is 2.44 bits per heavy atom. The van der Waals surface area contributed by atoms with E-state index in [0.717, 1.165) is 10.9 Å². The van der Waals surface area contributed by atoms with Crippen molar-refractivity contribution in [1.29, 1.82) is 5.26 Å². The van der Waals surface area contributed by atoms with Crippen LogP contribution in [0.15, 0.2) is 12.3 Å². The lowest BCUT2D eigenvalue weighted by Gasteiger charge is -2.04. The van der Waals surface area contributed by atoms with Crippen LogP contribution in [0.5, 0.6) is 5.88 Å². The van der Waals surface area contributed by atoms with Crippen molar-refractivity contribution in [2.75, 3.05) is 6.61 Å². The summed E-state index contributed by atoms with van der Waals surface area (Å²) in [5, 5.41) is 13.8. The van der Waals surface area contributed by atoms with E-state index in [1.807, 2.05) is 13.0 Å². The van der Waals surface area contributed by atoms with Gasteiger partial charge in [-0.2, -0.15) is 10.4 Å². The first kappa shape index (κ1) is 10.7. The van der Waals surface area contributed by atoms with Crippen LogP contribution in [0, 0.1) is 11.3 Å². The number of fused-ring (bicyclic) bond motifs is 1. The predicted molar refractivity (Wildman–Crippen MR) is 59.3 cm³/mol. The SMILES string of the molecule is CCOc1nc(Cl)cc2c1cnn2CC#N. The molecule has 6 heteroatoms. The summed E-state index contributed by atoms with van der Waals surface area (Å²) in [7, 11) is 0. The van der Waals surface area contributed by atoms with Crippen molar-refractivity contribution >= 4 is 22.5 Å². The van der Waals surface area contributed by atoms with Gasteiger partial charge in [0.15, 0.2) is 0 Å². The van der Waals surface area contributed by atoms with E-state index >= 15 is 0 Å². The first-order valence-electron chi connectivity index (χ1n) is 4.78. The number of hydrogen-bond acceptors (Lipinski definition) is 4. The van der Waals surface area contributed by atoms with Gasteiger partial charge in [0, 0.05) is 6.07 Å². The minimum Gasteiger partial charge on any atom is -0.477 e. The van der Waals surface area contributed by atoms with Crippen LogP contribution in [0.4, 0.5) is 0 Å². The third-order valence-electron chi connectivity index (χ3n) is 2.08. The standard InChI is InChI=1S/C10H9ClN4O/c1-2-16-10-7-6-13-15(4-3-12)8(7)5-9(11)14-10/h5-6H,2,4H2,1H3. The number of nitriles is 1. The average molecular weight is 237 g/mol. The molecule has 82 valence electrons. The molecule has 5 nitrogen and oxygen atoms in total. The molecule has 2 rings (SSSR count). The monoisotopic (exact) mass is 236 g/mol. The highest BCUT2D eigenvalue weighted by Gasteiger charge is 2.10. The Balaban J connectivity index is 2.61. The van der Waals surface area contributed by atoms with Gasteiger partial charge in [0.1, 0.15) is 11.7 Å². The number of ether oxygens (including phenoxy) is 1. The second kappa shape index (κ2) is 4.37. The Morgan fingerprint density at radius 3 is 3.12 bits per heavy atom. The molecule has 0 aromatic carbocycles. The van der Waals surface area contributed by atoms with Crippen molar-refractivity contribution in [2.24, 2.45) is 0 Å². The maximum absolute atomic E-state index is 8.65. The van der Waals surface area contributed by atoms with Gasteiger partial charge in [-0.3, -0.25) is 4.68 Å². The zero-order chi connectivity index (χ0) is 11.5. The first-order valence-corrected chi connectivity index (χ1v) is 5.16. The number of halogens is 1. The van der Waals surface area contributed by atoms with Crippen LogP contribution in [0.25, 0.3) is 10.9 Å². The minimum absolute atomic E-state index is 0.176. The second-order valence-electron chi connectivity index (χ2n) is 3.08. The van der Waals surface area contributed by atoms with Gasteiger partial charge in [-0.05, 0) is 6.92 Å². The van der Waals surface area contributed by atoms with Gasteiger partial charge in [-0.25, -0.2) is 4.98 Å². The molecule has 0 aliphatic rings. The molecule has 0 amide bonds. The quantitative estimate of drug-likeness (QED) is 0.765. The molecule has 0 fully saturated rings. The molecule has 0 radical (unpaired) electrons. The fraction of sp³-hybridized carbons (Fsp3) is 0.300. The lowest BCUT2D eigenvalue weighted by atomic mass is 10.3. The lowest BCUT2D eigenvalue weighted by molar-refractivity contribution is 0.331. The molecule has 0 saturated heterocycles. The predicted octanol–water partition coefficient (Wildman–Crippen LogP) is 2.01. The Kier molecular flexibility index (Phi) is 2.93. The summed E-state index contributed by atoms with van der Waals surface area (Å²) in [6, 6.07) is 3.70. The minimum atomic E-state index is 0.176. The van der Waals surface area contributed by atoms with Gasteiger partial charge >= 0.3 is 0 Å². The molecule has 0 spiro atoms. The molecule has 2 aromatic rings. The molecular formula is C10H9ClN4O. The molecule has 0 saturated carbocycles. The second-order valence-corrected chi connectivity index (χ2v) is 3.46. The highest BCUT2D eigenvalue weighted by Crippen LogP contribution is 2.26. The number of aromatic nitrogens is 3. The fourth-order valence-corrected chi connectivity index (χ4v) is 1.63. The van der Waals surface area contributed by atoms with Gasteiger partial charge in [0.25, 0.3) is 0 Å². The molecule has 2 heterocycles. The molecule has 0 aliphatic carbocycles. The average Bonchev–Trinajstić information content (AvgIpc) is 2.63. The number of pyridine rings is 1. The van der Waals surface area contributed by atoms with Crippen LogP contribution >= 0.6 is 11.6 Å². The maximum atomic E-state index is 8.65. The summed E-state index contributed by atoms with van der Waals surface area (Å²) >= 11 is 5.87. The van der Waals surface area contributed by atoms with E-state index in [9.17, 15) is 0 Å². The van der Waals surface area contributed by atoms with Crippen LogP contribution in [-0.2, 0) is 6.54 Å². The molecule has 0 N–H and O–H groups in total. The molecule has 0 bridgehead atoms. The zero-order valence-electron chi connectivity index (χ0n) is 8.64. The Morgan fingerprint density at radius 1 is 1.62 bits per heavy atom. The summed E-state index contributed by atoms with van der Waals surface area (Å²) in [5.74, 6) is 0.453. The smallest absolute Gasteiger partial charge is 0.226 e. The normalized spacial score (nSPS) is 10.3. The van der Waals surface area contributed by atoms with Crippen molar-refractivity contribution < 1.29 is 4.74 Å². The van der Waals surface area contributed by atoms with Gasteiger partial charge in [-0.15, -0.1) is 0 Å². The third kappa shape index (κ3) is 1.79. The first-order chi connectivity index (χ1) is 7.76. The van der Waals surface area contributed by atoms with Gasteiger partial charge < -0.3 is 4.74 Å². The van der Waals surface area contributed by atoms with E-state index < -0.39 is 0 Å². The summed E-state index contributed by atoms with van der Waals surface area (Å²) < 4.78 is 6.92. The third-order valence-corrected chi connectivity index (χ3v) is 2.27. The fourth-order valence-electron chi connectivity index (χ4n) is 1.45. The van der Waals surface area contributed by atoms with Gasteiger partial charge in [0.05, 0.1) is 29.8 Å². The number of rotatable bonds is 3. The van der Waals surface area contributed by atoms with Crippen molar-refractivity contribution in [3.63, 3.8) is 0 Å². The van der Waals surface area contributed by atoms with Gasteiger partial charge in [0.2, 0.25) is 5.88 Å². The van der Waals surface area contributed by atoms with Crippen LogP contribution in [-0.4, -0.2) is 21.4 Å². The summed E-state index contributed by atoms with van der Waals surface area (Å²) in [6.07, 6.45) is 1.63.